The van der Waals surface area contributed by atoms with Gasteiger partial charge in [-0.25, -0.2) is 0 Å². The minimum absolute atomic E-state index is 0.310. The molecule has 0 bridgehead atoms. The highest BCUT2D eigenvalue weighted by Gasteiger charge is 2.19. The van der Waals surface area contributed by atoms with Crippen molar-refractivity contribution >= 4 is 27.7 Å². The lowest BCUT2D eigenvalue weighted by molar-refractivity contribution is -0.119. The van der Waals surface area contributed by atoms with Crippen LogP contribution in [0.1, 0.15) is 21.5 Å². The quantitative estimate of drug-likeness (QED) is 0.842. The molecule has 5 nitrogen and oxygen atoms in total. The molecule has 2 aromatic carbocycles. The first-order chi connectivity index (χ1) is 11.0. The molecule has 2 amide bonds. The van der Waals surface area contributed by atoms with Gasteiger partial charge in [0.25, 0.3) is 5.91 Å². The maximum atomic E-state index is 12.2. The first kappa shape index (κ1) is 16.7. The summed E-state index contributed by atoms with van der Waals surface area (Å²) in [5, 5.41) is 11.4. The second-order valence-corrected chi connectivity index (χ2v) is 5.86. The molecule has 2 rings (SSSR count). The van der Waals surface area contributed by atoms with Gasteiger partial charge in [-0.15, -0.1) is 0 Å². The second kappa shape index (κ2) is 7.56. The van der Waals surface area contributed by atoms with Crippen molar-refractivity contribution < 1.29 is 9.59 Å². The van der Waals surface area contributed by atoms with Gasteiger partial charge in [-0.05, 0) is 42.0 Å². The summed E-state index contributed by atoms with van der Waals surface area (Å²) in [5.74, 6) is -1.01. The number of amides is 2. The van der Waals surface area contributed by atoms with E-state index in [1.807, 2.05) is 30.3 Å². The van der Waals surface area contributed by atoms with Crippen LogP contribution in [0.3, 0.4) is 0 Å². The van der Waals surface area contributed by atoms with E-state index >= 15 is 0 Å². The van der Waals surface area contributed by atoms with Gasteiger partial charge in [0.05, 0.1) is 11.6 Å². The molecule has 23 heavy (non-hydrogen) atoms. The molecular weight excluding hydrogens is 358 g/mol. The lowest BCUT2D eigenvalue weighted by Crippen LogP contribution is -2.45. The molecule has 6 heteroatoms. The maximum absolute atomic E-state index is 12.2. The van der Waals surface area contributed by atoms with Crippen LogP contribution < -0.4 is 11.1 Å². The van der Waals surface area contributed by atoms with Crippen LogP contribution >= 0.6 is 15.9 Å². The Hall–Kier alpha value is -2.65. The third-order valence-corrected chi connectivity index (χ3v) is 3.81. The molecule has 0 spiro atoms. The van der Waals surface area contributed by atoms with Gasteiger partial charge < -0.3 is 11.1 Å². The number of nitrogens with zero attached hydrogens (tertiary/aromatic N) is 1. The molecule has 2 aromatic rings. The largest absolute Gasteiger partial charge is 0.368 e. The highest BCUT2D eigenvalue weighted by molar-refractivity contribution is 9.10. The molecule has 1 atom stereocenters. The average Bonchev–Trinajstić information content (AvgIpc) is 2.56. The van der Waals surface area contributed by atoms with Gasteiger partial charge in [-0.1, -0.05) is 28.1 Å². The smallest absolute Gasteiger partial charge is 0.251 e. The fourth-order valence-electron chi connectivity index (χ4n) is 2.02. The number of nitriles is 1. The Kier molecular flexibility index (Phi) is 5.50. The van der Waals surface area contributed by atoms with Crippen LogP contribution in [0.5, 0.6) is 0 Å². The van der Waals surface area contributed by atoms with Crippen molar-refractivity contribution in [3.05, 3.63) is 69.7 Å². The number of carbonyl (C=O) groups excluding carboxylic acids is 2. The van der Waals surface area contributed by atoms with Crippen molar-refractivity contribution in [2.24, 2.45) is 5.73 Å². The van der Waals surface area contributed by atoms with E-state index < -0.39 is 17.9 Å². The molecule has 3 N–H and O–H groups in total. The Bertz CT molecular complexity index is 749. The van der Waals surface area contributed by atoms with Crippen LogP contribution in [0, 0.1) is 11.3 Å². The Balaban J connectivity index is 2.09. The van der Waals surface area contributed by atoms with Crippen LogP contribution in [0.4, 0.5) is 0 Å². The van der Waals surface area contributed by atoms with Gasteiger partial charge in [-0.2, -0.15) is 5.26 Å². The van der Waals surface area contributed by atoms with Crippen LogP contribution in [0.2, 0.25) is 0 Å². The minimum Gasteiger partial charge on any atom is -0.368 e. The van der Waals surface area contributed by atoms with Crippen molar-refractivity contribution in [3.63, 3.8) is 0 Å². The first-order valence-electron chi connectivity index (χ1n) is 6.84. The summed E-state index contributed by atoms with van der Waals surface area (Å²) in [6.45, 7) is 0. The third-order valence-electron chi connectivity index (χ3n) is 3.28. The van der Waals surface area contributed by atoms with E-state index in [4.69, 9.17) is 11.0 Å². The predicted molar refractivity (Wildman–Crippen MR) is 89.5 cm³/mol. The highest BCUT2D eigenvalue weighted by atomic mass is 79.9. The van der Waals surface area contributed by atoms with Gasteiger partial charge in [0.2, 0.25) is 5.91 Å². The van der Waals surface area contributed by atoms with E-state index in [0.717, 1.165) is 10.0 Å². The average molecular weight is 372 g/mol. The topological polar surface area (TPSA) is 96.0 Å². The molecule has 0 aromatic heterocycles. The zero-order valence-electron chi connectivity index (χ0n) is 12.1. The molecule has 0 radical (unpaired) electrons. The van der Waals surface area contributed by atoms with Crippen molar-refractivity contribution in [1.82, 2.24) is 5.32 Å². The van der Waals surface area contributed by atoms with E-state index in [0.29, 0.717) is 17.5 Å². The lowest BCUT2D eigenvalue weighted by atomic mass is 10.0. The van der Waals surface area contributed by atoms with Gasteiger partial charge in [0, 0.05) is 16.5 Å². The lowest BCUT2D eigenvalue weighted by Gasteiger charge is -2.15. The molecule has 0 saturated carbocycles. The van der Waals surface area contributed by atoms with E-state index in [9.17, 15) is 9.59 Å². The molecule has 0 fully saturated rings. The SMILES string of the molecule is N#Cc1ccc(C(=O)N[C@@H](Cc2ccc(Br)cc2)C(N)=O)cc1. The molecule has 0 aliphatic carbocycles. The van der Waals surface area contributed by atoms with Crippen molar-refractivity contribution in [2.75, 3.05) is 0 Å². The fraction of sp³-hybridized carbons (Fsp3) is 0.118. The van der Waals surface area contributed by atoms with Crippen LogP contribution in [-0.4, -0.2) is 17.9 Å². The summed E-state index contributed by atoms with van der Waals surface area (Å²) >= 11 is 3.34. The van der Waals surface area contributed by atoms with E-state index in [1.165, 1.54) is 12.1 Å². The number of carbonyl (C=O) groups is 2. The number of halogens is 1. The number of hydrogen-bond donors (Lipinski definition) is 2. The normalized spacial score (nSPS) is 11.3. The number of hydrogen-bond acceptors (Lipinski definition) is 3. The van der Waals surface area contributed by atoms with Gasteiger partial charge in [0.15, 0.2) is 0 Å². The van der Waals surface area contributed by atoms with E-state index in [-0.39, 0.29) is 0 Å². The summed E-state index contributed by atoms with van der Waals surface area (Å²) < 4.78 is 0.929. The van der Waals surface area contributed by atoms with E-state index in [2.05, 4.69) is 21.2 Å². The molecule has 0 aliphatic heterocycles. The molecule has 0 saturated heterocycles. The summed E-state index contributed by atoms with van der Waals surface area (Å²) in [6.07, 6.45) is 0.310. The van der Waals surface area contributed by atoms with E-state index in [1.54, 1.807) is 12.1 Å². The molecular formula is C17H14BrN3O2. The molecule has 0 aliphatic rings. The third kappa shape index (κ3) is 4.66. The molecule has 0 heterocycles. The van der Waals surface area contributed by atoms with Crippen LogP contribution in [0.15, 0.2) is 53.0 Å². The van der Waals surface area contributed by atoms with Crippen LogP contribution in [-0.2, 0) is 11.2 Å². The minimum atomic E-state index is -0.806. The Labute approximate surface area is 142 Å². The summed E-state index contributed by atoms with van der Waals surface area (Å²) in [5.41, 5.74) is 7.09. The summed E-state index contributed by atoms with van der Waals surface area (Å²) in [6, 6.07) is 14.8. The molecule has 0 unspecified atom stereocenters. The number of benzene rings is 2. The van der Waals surface area contributed by atoms with Crippen molar-refractivity contribution in [3.8, 4) is 6.07 Å². The predicted octanol–water partition coefficient (Wildman–Crippen LogP) is 2.15. The number of primary amides is 1. The number of nitrogens with two attached hydrogens (primary N) is 1. The maximum Gasteiger partial charge on any atom is 0.251 e. The Morgan fingerprint density at radius 1 is 1.13 bits per heavy atom. The second-order valence-electron chi connectivity index (χ2n) is 4.95. The first-order valence-corrected chi connectivity index (χ1v) is 7.63. The van der Waals surface area contributed by atoms with Gasteiger partial charge >= 0.3 is 0 Å². The number of rotatable bonds is 5. The monoisotopic (exact) mass is 371 g/mol. The fourth-order valence-corrected chi connectivity index (χ4v) is 2.28. The van der Waals surface area contributed by atoms with Crippen molar-refractivity contribution in [1.29, 1.82) is 5.26 Å². The molecule has 116 valence electrons. The van der Waals surface area contributed by atoms with Gasteiger partial charge in [-0.3, -0.25) is 9.59 Å². The number of nitrogens with one attached hydrogen (secondary N) is 1. The Morgan fingerprint density at radius 2 is 1.74 bits per heavy atom. The highest BCUT2D eigenvalue weighted by Crippen LogP contribution is 2.12. The zero-order chi connectivity index (χ0) is 16.8. The summed E-state index contributed by atoms with van der Waals surface area (Å²) in [7, 11) is 0. The standard InChI is InChI=1S/C17H14BrN3O2/c18-14-7-3-11(4-8-14)9-15(16(20)22)21-17(23)13-5-1-12(10-19)2-6-13/h1-8,15H,9H2,(H2,20,22)(H,21,23)/t15-/m0/s1. The van der Waals surface area contributed by atoms with Crippen LogP contribution in [0.25, 0.3) is 0 Å². The Morgan fingerprint density at radius 3 is 2.26 bits per heavy atom. The zero-order valence-corrected chi connectivity index (χ0v) is 13.7. The van der Waals surface area contributed by atoms with Gasteiger partial charge in [0.1, 0.15) is 6.04 Å². The summed E-state index contributed by atoms with van der Waals surface area (Å²) in [4.78, 5) is 23.8. The van der Waals surface area contributed by atoms with Crippen molar-refractivity contribution in [2.45, 2.75) is 12.5 Å².